The van der Waals surface area contributed by atoms with Gasteiger partial charge in [0, 0.05) is 114 Å². The molecule has 2 aromatic carbocycles. The summed E-state index contributed by atoms with van der Waals surface area (Å²) < 4.78 is 5.88. The van der Waals surface area contributed by atoms with Gasteiger partial charge in [-0.2, -0.15) is 0 Å². The quantitative estimate of drug-likeness (QED) is 0.0236. The Kier molecular flexibility index (Phi) is 25.0. The molecule has 3 aliphatic heterocycles. The fourth-order valence-corrected chi connectivity index (χ4v) is 12.1. The molecular formula is C60H83N11O11S2. The number of unbranched alkanes of at least 4 members (excludes halogenated alkanes) is 1. The van der Waals surface area contributed by atoms with E-state index in [2.05, 4.69) is 16.0 Å². The number of nitrogens with zero attached hydrogens (tertiary/aromatic N) is 7. The number of thiazole rings is 1. The first-order valence-corrected chi connectivity index (χ1v) is 30.8. The summed E-state index contributed by atoms with van der Waals surface area (Å²) in [4.78, 5) is 151. The number of amides is 9. The van der Waals surface area contributed by atoms with Crippen LogP contribution in [0.3, 0.4) is 0 Å². The average molecular weight is 1200 g/mol. The van der Waals surface area contributed by atoms with Crippen LogP contribution >= 0.6 is 23.1 Å². The molecule has 4 heterocycles. The maximum atomic E-state index is 14.9. The Balaban J connectivity index is 1.18. The second-order valence-corrected chi connectivity index (χ2v) is 24.1. The summed E-state index contributed by atoms with van der Waals surface area (Å²) in [7, 11) is 4.99. The molecule has 6 rings (SSSR count). The standard InChI is InChI=1S/C60H83N11O11S2/c1-9-39(4)53(65-55(77)47-35-66(47)6)60(81)67(7)46(38(2)3)34-49(82-40(5)72)57-64-45(36-84-57)58(79)68(8)48(37-83-42-21-14-11-15-22-42)56(78)62-43(23-16-17-27-61)54(76)63-44(33-41-19-12-10-13-20-41)59(80)70-31-29-69(30-32-70)50(73)24-18-28-71-51(74)25-26-52(71)75/h10-15,19-22,25-26,36,38-39,43-44,46-49,53H,9,16-18,23-24,27-35,37,61H2,1-8H3,(H,62,78)(H,63,76)(H,65,77)/t39-,43+,44-,46+,47+,48-,49+,53-,66?/m0/s1. The fraction of sp³-hybridized carbons (Fsp3) is 0.550. The number of aromatic nitrogens is 1. The fourth-order valence-electron chi connectivity index (χ4n) is 10.2. The van der Waals surface area contributed by atoms with Crippen LogP contribution in [-0.4, -0.2) is 202 Å². The maximum Gasteiger partial charge on any atom is 0.303 e. The van der Waals surface area contributed by atoms with Crippen molar-refractivity contribution in [1.29, 1.82) is 0 Å². The predicted molar refractivity (Wildman–Crippen MR) is 319 cm³/mol. The zero-order valence-electron chi connectivity index (χ0n) is 49.5. The minimum Gasteiger partial charge on any atom is -0.455 e. The number of esters is 1. The summed E-state index contributed by atoms with van der Waals surface area (Å²) in [5.41, 5.74) is 6.65. The van der Waals surface area contributed by atoms with Gasteiger partial charge in [0.15, 0.2) is 6.10 Å². The first-order chi connectivity index (χ1) is 40.1. The molecule has 1 unspecified atom stereocenters. The van der Waals surface area contributed by atoms with Crippen LogP contribution in [0.1, 0.15) is 107 Å². The molecule has 2 fully saturated rings. The SMILES string of the molecule is CC[C@H](C)[C@H](NC(=O)[C@H]1CN1C)C(=O)N(C)[C@H](C[C@@H](OC(C)=O)c1nc(C(=O)N(C)[C@@H](CSc2ccccc2)C(=O)N[C@H](CCCCN)C(=O)N[C@@H](Cc2ccccc2)C(=O)N2CCN(C(=O)CCCN3C(=O)C=CC3=O)CC2)cs1)C(C)C. The second-order valence-electron chi connectivity index (χ2n) is 22.1. The van der Waals surface area contributed by atoms with Gasteiger partial charge in [-0.25, -0.2) is 4.98 Å². The van der Waals surface area contributed by atoms with Gasteiger partial charge in [0.25, 0.3) is 17.7 Å². The van der Waals surface area contributed by atoms with Crippen molar-refractivity contribution >= 4 is 82.2 Å². The van der Waals surface area contributed by atoms with Crippen LogP contribution in [0.5, 0.6) is 0 Å². The Morgan fingerprint density at radius 2 is 1.44 bits per heavy atom. The van der Waals surface area contributed by atoms with E-state index in [4.69, 9.17) is 15.5 Å². The maximum absolute atomic E-state index is 14.9. The van der Waals surface area contributed by atoms with Crippen LogP contribution in [0, 0.1) is 11.8 Å². The van der Waals surface area contributed by atoms with Crippen molar-refractivity contribution in [1.82, 2.24) is 50.3 Å². The number of hydrogen-bond donors (Lipinski definition) is 4. The van der Waals surface area contributed by atoms with Crippen molar-refractivity contribution in [2.24, 2.45) is 17.6 Å². The highest BCUT2D eigenvalue weighted by Gasteiger charge is 2.42. The summed E-state index contributed by atoms with van der Waals surface area (Å²) in [5.74, 6) is -4.58. The van der Waals surface area contributed by atoms with E-state index in [1.54, 1.807) is 21.7 Å². The molecule has 0 aliphatic carbocycles. The molecule has 1 aromatic heterocycles. The predicted octanol–water partition coefficient (Wildman–Crippen LogP) is 3.42. The zero-order chi connectivity index (χ0) is 61.2. The highest BCUT2D eigenvalue weighted by molar-refractivity contribution is 7.99. The third-order valence-corrected chi connectivity index (χ3v) is 17.7. The molecular weight excluding hydrogens is 1110 g/mol. The Hall–Kier alpha value is -7.02. The van der Waals surface area contributed by atoms with Crippen molar-refractivity contribution in [3.63, 3.8) is 0 Å². The Morgan fingerprint density at radius 1 is 0.821 bits per heavy atom. The van der Waals surface area contributed by atoms with Gasteiger partial charge in [-0.3, -0.25) is 57.7 Å². The lowest BCUT2D eigenvalue weighted by molar-refractivity contribution is -0.149. The number of piperazine rings is 1. The normalized spacial score (nSPS) is 18.2. The van der Waals surface area contributed by atoms with Gasteiger partial charge in [-0.05, 0) is 68.8 Å². The Morgan fingerprint density at radius 3 is 2.04 bits per heavy atom. The molecule has 0 spiro atoms. The van der Waals surface area contributed by atoms with Gasteiger partial charge in [0.1, 0.15) is 40.9 Å². The largest absolute Gasteiger partial charge is 0.455 e. The molecule has 9 amide bonds. The van der Waals surface area contributed by atoms with Crippen LogP contribution in [0.2, 0.25) is 0 Å². The summed E-state index contributed by atoms with van der Waals surface area (Å²) in [5, 5.41) is 10.7. The number of rotatable bonds is 31. The molecule has 22 nitrogen and oxygen atoms in total. The van der Waals surface area contributed by atoms with E-state index in [1.807, 2.05) is 100 Å². The number of nitrogens with one attached hydrogen (secondary N) is 3. The van der Waals surface area contributed by atoms with Crippen molar-refractivity contribution in [3.8, 4) is 0 Å². The molecule has 3 aromatic rings. The molecule has 0 bridgehead atoms. The molecule has 9 atom stereocenters. The van der Waals surface area contributed by atoms with E-state index < -0.39 is 71.8 Å². The number of thioether (sulfide) groups is 1. The van der Waals surface area contributed by atoms with Gasteiger partial charge in [0.05, 0.1) is 0 Å². The van der Waals surface area contributed by atoms with Crippen molar-refractivity contribution in [2.45, 2.75) is 133 Å². The monoisotopic (exact) mass is 1200 g/mol. The topological polar surface area (TPSA) is 274 Å². The number of likely N-dealkylation sites (N-methyl/N-ethyl adjacent to an activating group) is 3. The van der Waals surface area contributed by atoms with E-state index in [0.717, 1.165) is 26.7 Å². The van der Waals surface area contributed by atoms with E-state index in [9.17, 15) is 47.9 Å². The van der Waals surface area contributed by atoms with Gasteiger partial charge >= 0.3 is 5.97 Å². The smallest absolute Gasteiger partial charge is 0.303 e. The van der Waals surface area contributed by atoms with Gasteiger partial charge in [-0.1, -0.05) is 82.6 Å². The third kappa shape index (κ3) is 18.5. The lowest BCUT2D eigenvalue weighted by Crippen LogP contribution is -2.59. The lowest BCUT2D eigenvalue weighted by Gasteiger charge is -2.37. The third-order valence-electron chi connectivity index (χ3n) is 15.7. The van der Waals surface area contributed by atoms with Crippen LogP contribution in [0.25, 0.3) is 0 Å². The summed E-state index contributed by atoms with van der Waals surface area (Å²) in [6.07, 6.45) is 3.86. The van der Waals surface area contributed by atoms with Gasteiger partial charge in [-0.15, -0.1) is 23.1 Å². The number of carbonyl (C=O) groups is 10. The van der Waals surface area contributed by atoms with Crippen molar-refractivity contribution < 1.29 is 52.7 Å². The minimum atomic E-state index is -1.17. The number of hydrogen-bond acceptors (Lipinski definition) is 16. The number of ether oxygens (including phenoxy) is 1. The highest BCUT2D eigenvalue weighted by Crippen LogP contribution is 2.32. The zero-order valence-corrected chi connectivity index (χ0v) is 51.2. The minimum absolute atomic E-state index is 0.0253. The van der Waals surface area contributed by atoms with Crippen molar-refractivity contribution in [2.75, 3.05) is 72.7 Å². The first kappa shape index (κ1) is 66.1. The Labute approximate surface area is 501 Å². The summed E-state index contributed by atoms with van der Waals surface area (Å²) >= 11 is 2.43. The van der Waals surface area contributed by atoms with Crippen LogP contribution in [0.4, 0.5) is 0 Å². The summed E-state index contributed by atoms with van der Waals surface area (Å²) in [6.45, 7) is 10.9. The lowest BCUT2D eigenvalue weighted by atomic mass is 9.93. The van der Waals surface area contributed by atoms with Gasteiger partial charge in [0.2, 0.25) is 35.4 Å². The van der Waals surface area contributed by atoms with E-state index >= 15 is 0 Å². The van der Waals surface area contributed by atoms with Crippen molar-refractivity contribution in [3.05, 3.63) is 94.5 Å². The van der Waals surface area contributed by atoms with Gasteiger partial charge < -0.3 is 46.0 Å². The average Bonchev–Trinajstić information content (AvgIpc) is 4.04. The molecule has 2 saturated heterocycles. The molecule has 84 heavy (non-hydrogen) atoms. The summed E-state index contributed by atoms with van der Waals surface area (Å²) in [6, 6.07) is 13.5. The van der Waals surface area contributed by atoms with Crippen LogP contribution in [-0.2, 0) is 54.3 Å². The number of carbonyl (C=O) groups excluding carboxylic acids is 10. The first-order valence-electron chi connectivity index (χ1n) is 28.9. The molecule has 0 saturated carbocycles. The number of benzene rings is 2. The van der Waals surface area contributed by atoms with E-state index in [-0.39, 0.29) is 111 Å². The van der Waals surface area contributed by atoms with Crippen LogP contribution < -0.4 is 21.7 Å². The molecule has 456 valence electrons. The highest BCUT2D eigenvalue weighted by atomic mass is 32.2. The second kappa shape index (κ2) is 31.8. The Bertz CT molecular complexity index is 2790. The number of nitrogens with two attached hydrogens (primary N) is 1. The molecule has 24 heteroatoms. The van der Waals surface area contributed by atoms with Crippen LogP contribution in [0.15, 0.2) is 83.1 Å². The number of imide groups is 1. The molecule has 3 aliphatic rings. The van der Waals surface area contributed by atoms with E-state index in [1.165, 1.54) is 48.2 Å². The van der Waals surface area contributed by atoms with E-state index in [0.29, 0.717) is 43.8 Å². The molecule has 5 N–H and O–H groups in total. The molecule has 0 radical (unpaired) electrons.